The van der Waals surface area contributed by atoms with Gasteiger partial charge in [-0.2, -0.15) is 0 Å². The van der Waals surface area contributed by atoms with Crippen LogP contribution in [-0.2, 0) is 17.8 Å². The summed E-state index contributed by atoms with van der Waals surface area (Å²) in [6.45, 7) is 4.05. The summed E-state index contributed by atoms with van der Waals surface area (Å²) in [5, 5.41) is 4.55. The van der Waals surface area contributed by atoms with Crippen LogP contribution in [0, 0.1) is 6.92 Å². The molecule has 0 aliphatic carbocycles. The second kappa shape index (κ2) is 10.7. The van der Waals surface area contributed by atoms with E-state index in [9.17, 15) is 4.79 Å². The Morgan fingerprint density at radius 2 is 2.08 bits per heavy atom. The number of hydrogen-bond donors (Lipinski definition) is 1. The Morgan fingerprint density at radius 3 is 2.92 bits per heavy atom. The summed E-state index contributed by atoms with van der Waals surface area (Å²) in [4.78, 5) is 32.3. The molecule has 0 fully saturated rings. The number of anilines is 2. The zero-order valence-electron chi connectivity index (χ0n) is 22.0. The number of aryl methyl sites for hydroxylation is 1. The Labute approximate surface area is 234 Å². The number of nitrogens with one attached hydrogen (secondary N) is 1. The quantitative estimate of drug-likeness (QED) is 0.241. The molecule has 1 aliphatic rings. The van der Waals surface area contributed by atoms with Crippen LogP contribution in [0.1, 0.15) is 16.0 Å². The van der Waals surface area contributed by atoms with E-state index in [-0.39, 0.29) is 5.91 Å². The van der Waals surface area contributed by atoms with Crippen LogP contribution in [0.3, 0.4) is 0 Å². The van der Waals surface area contributed by atoms with Crippen LogP contribution in [0.25, 0.3) is 20.4 Å². The number of nitrogens with zero attached hydrogens (tertiary/aromatic N) is 5. The SMILES string of the molecule is Cc1cc(Nc2ncnc3sc4c(c23)CCN(C(=O)/C=C/CN(C)C)C4)ccc1Oc1ccc2scnc2c1. The standard InChI is InChI=1S/C29H28N6O2S2/c1-18-13-19(6-8-23(18)37-20-7-9-24-22(14-20)32-17-38-24)33-28-27-21-10-12-35(26(36)5-4-11-34(2)3)15-25(21)39-29(27)31-16-30-28/h4-9,13-14,16-17H,10-12,15H2,1-3H3,(H,30,31,33)/b5-4+. The number of aromatic nitrogens is 3. The fourth-order valence-electron chi connectivity index (χ4n) is 4.69. The van der Waals surface area contributed by atoms with E-state index in [1.165, 1.54) is 10.4 Å². The molecule has 2 aromatic carbocycles. The predicted octanol–water partition coefficient (Wildman–Crippen LogP) is 6.15. The Kier molecular flexibility index (Phi) is 6.99. The molecule has 0 atom stereocenters. The van der Waals surface area contributed by atoms with E-state index in [1.54, 1.807) is 35.1 Å². The molecule has 0 bridgehead atoms. The van der Waals surface area contributed by atoms with Gasteiger partial charge in [0.15, 0.2) is 0 Å². The number of carbonyl (C=O) groups excluding carboxylic acids is 1. The molecule has 1 aliphatic heterocycles. The van der Waals surface area contributed by atoms with Gasteiger partial charge >= 0.3 is 0 Å². The van der Waals surface area contributed by atoms with Crippen LogP contribution < -0.4 is 10.1 Å². The third kappa shape index (κ3) is 5.36. The molecule has 0 spiro atoms. The molecule has 6 rings (SSSR count). The van der Waals surface area contributed by atoms with E-state index < -0.39 is 0 Å². The highest BCUT2D eigenvalue weighted by Gasteiger charge is 2.25. The molecule has 1 N–H and O–H groups in total. The van der Waals surface area contributed by atoms with Crippen molar-refractivity contribution in [2.24, 2.45) is 0 Å². The third-order valence-electron chi connectivity index (χ3n) is 6.65. The molecule has 4 heterocycles. The summed E-state index contributed by atoms with van der Waals surface area (Å²) >= 11 is 3.26. The van der Waals surface area contributed by atoms with E-state index in [1.807, 2.05) is 72.7 Å². The van der Waals surface area contributed by atoms with E-state index in [2.05, 4.69) is 26.3 Å². The molecule has 0 unspecified atom stereocenters. The first-order chi connectivity index (χ1) is 18.9. The minimum absolute atomic E-state index is 0.0497. The minimum Gasteiger partial charge on any atom is -0.457 e. The molecule has 3 aromatic heterocycles. The lowest BCUT2D eigenvalue weighted by Crippen LogP contribution is -2.34. The minimum atomic E-state index is 0.0497. The summed E-state index contributed by atoms with van der Waals surface area (Å²) in [6.07, 6.45) is 5.96. The van der Waals surface area contributed by atoms with Gasteiger partial charge in [0.1, 0.15) is 28.5 Å². The number of thiophene rings is 1. The third-order valence-corrected chi connectivity index (χ3v) is 8.58. The van der Waals surface area contributed by atoms with Gasteiger partial charge in [0.05, 0.1) is 27.7 Å². The lowest BCUT2D eigenvalue weighted by molar-refractivity contribution is -0.126. The molecule has 8 nitrogen and oxygen atoms in total. The number of benzene rings is 2. The van der Waals surface area contributed by atoms with Gasteiger partial charge in [-0.1, -0.05) is 6.08 Å². The smallest absolute Gasteiger partial charge is 0.246 e. The summed E-state index contributed by atoms with van der Waals surface area (Å²) in [6, 6.07) is 12.0. The first kappa shape index (κ1) is 25.4. The van der Waals surface area contributed by atoms with Gasteiger partial charge in [-0.05, 0) is 68.9 Å². The first-order valence-corrected chi connectivity index (χ1v) is 14.4. The van der Waals surface area contributed by atoms with Crippen molar-refractivity contribution in [1.82, 2.24) is 24.8 Å². The fraction of sp³-hybridized carbons (Fsp3) is 0.241. The molecule has 0 saturated heterocycles. The number of thiazole rings is 1. The molecule has 39 heavy (non-hydrogen) atoms. The van der Waals surface area contributed by atoms with Crippen molar-refractivity contribution in [3.05, 3.63) is 76.4 Å². The van der Waals surface area contributed by atoms with Crippen LogP contribution >= 0.6 is 22.7 Å². The Balaban J connectivity index is 1.20. The number of carbonyl (C=O) groups is 1. The molecule has 10 heteroatoms. The monoisotopic (exact) mass is 556 g/mol. The maximum Gasteiger partial charge on any atom is 0.246 e. The molecule has 0 saturated carbocycles. The normalized spacial score (nSPS) is 13.5. The number of amides is 1. The van der Waals surface area contributed by atoms with Gasteiger partial charge < -0.3 is 19.9 Å². The number of likely N-dealkylation sites (N-methyl/N-ethyl adjacent to an activating group) is 1. The zero-order valence-corrected chi connectivity index (χ0v) is 23.6. The first-order valence-electron chi connectivity index (χ1n) is 12.7. The van der Waals surface area contributed by atoms with E-state index in [0.717, 1.165) is 62.0 Å². The predicted molar refractivity (Wildman–Crippen MR) is 158 cm³/mol. The highest BCUT2D eigenvalue weighted by Crippen LogP contribution is 2.38. The zero-order chi connectivity index (χ0) is 26.9. The second-order valence-corrected chi connectivity index (χ2v) is 11.7. The van der Waals surface area contributed by atoms with Crippen molar-refractivity contribution in [2.75, 3.05) is 32.5 Å². The lowest BCUT2D eigenvalue weighted by atomic mass is 10.0. The van der Waals surface area contributed by atoms with Gasteiger partial charge in [0, 0.05) is 35.8 Å². The van der Waals surface area contributed by atoms with Crippen LogP contribution in [0.15, 0.2) is 60.4 Å². The number of hydrogen-bond acceptors (Lipinski definition) is 9. The van der Waals surface area contributed by atoms with E-state index in [4.69, 9.17) is 4.74 Å². The maximum absolute atomic E-state index is 12.7. The topological polar surface area (TPSA) is 83.5 Å². The fourth-order valence-corrected chi connectivity index (χ4v) is 6.55. The molecule has 1 amide bonds. The Hall–Kier alpha value is -3.86. The highest BCUT2D eigenvalue weighted by molar-refractivity contribution is 7.19. The van der Waals surface area contributed by atoms with Gasteiger partial charge in [0.25, 0.3) is 0 Å². The van der Waals surface area contributed by atoms with Crippen LogP contribution in [-0.4, -0.2) is 57.8 Å². The van der Waals surface area contributed by atoms with E-state index in [0.29, 0.717) is 13.1 Å². The largest absolute Gasteiger partial charge is 0.457 e. The van der Waals surface area contributed by atoms with Gasteiger partial charge in [-0.3, -0.25) is 4.79 Å². The van der Waals surface area contributed by atoms with Crippen LogP contribution in [0.2, 0.25) is 0 Å². The van der Waals surface area contributed by atoms with Crippen molar-refractivity contribution in [1.29, 1.82) is 0 Å². The summed E-state index contributed by atoms with van der Waals surface area (Å²) in [5.41, 5.74) is 5.94. The van der Waals surface area contributed by atoms with Crippen molar-refractivity contribution >= 4 is 60.5 Å². The second-order valence-electron chi connectivity index (χ2n) is 9.77. The number of ether oxygens (including phenoxy) is 1. The van der Waals surface area contributed by atoms with Crippen molar-refractivity contribution in [3.63, 3.8) is 0 Å². The molecule has 5 aromatic rings. The average molecular weight is 557 g/mol. The van der Waals surface area contributed by atoms with Crippen LogP contribution in [0.5, 0.6) is 11.5 Å². The average Bonchev–Trinajstić information content (AvgIpc) is 3.54. The van der Waals surface area contributed by atoms with Gasteiger partial charge in [-0.15, -0.1) is 22.7 Å². The molecule has 0 radical (unpaired) electrons. The molecular formula is C29H28N6O2S2. The lowest BCUT2D eigenvalue weighted by Gasteiger charge is -2.26. The Bertz CT molecular complexity index is 1710. The summed E-state index contributed by atoms with van der Waals surface area (Å²) < 4.78 is 7.30. The van der Waals surface area contributed by atoms with Gasteiger partial charge in [0.2, 0.25) is 5.91 Å². The van der Waals surface area contributed by atoms with Crippen molar-refractivity contribution < 1.29 is 9.53 Å². The molecular weight excluding hydrogens is 528 g/mol. The van der Waals surface area contributed by atoms with Crippen molar-refractivity contribution in [2.45, 2.75) is 19.9 Å². The Morgan fingerprint density at radius 1 is 1.18 bits per heavy atom. The van der Waals surface area contributed by atoms with Gasteiger partial charge in [-0.25, -0.2) is 15.0 Å². The van der Waals surface area contributed by atoms with E-state index >= 15 is 0 Å². The number of fused-ring (bicyclic) bond motifs is 4. The highest BCUT2D eigenvalue weighted by atomic mass is 32.1. The van der Waals surface area contributed by atoms with Crippen LogP contribution in [0.4, 0.5) is 11.5 Å². The molecule has 198 valence electrons. The summed E-state index contributed by atoms with van der Waals surface area (Å²) in [7, 11) is 3.97. The van der Waals surface area contributed by atoms with Crippen molar-refractivity contribution in [3.8, 4) is 11.5 Å². The summed E-state index contributed by atoms with van der Waals surface area (Å²) in [5.74, 6) is 2.39. The number of rotatable bonds is 7. The maximum atomic E-state index is 12.7.